The molecule has 0 aliphatic rings. The number of aromatic nitrogens is 2. The van der Waals surface area contributed by atoms with Crippen molar-refractivity contribution in [3.05, 3.63) is 16.4 Å². The highest BCUT2D eigenvalue weighted by Crippen LogP contribution is 2.28. The van der Waals surface area contributed by atoms with Crippen LogP contribution in [0, 0.1) is 16.0 Å². The largest absolute Gasteiger partial charge is 0.395 e. The smallest absolute Gasteiger partial charge is 0.358 e. The lowest BCUT2D eigenvalue weighted by Crippen LogP contribution is -1.96. The number of hydrogen-bond acceptors (Lipinski definition) is 4. The molecule has 0 atom stereocenters. The Kier molecular flexibility index (Phi) is 4.14. The predicted octanol–water partition coefficient (Wildman–Crippen LogP) is 2.47. The fourth-order valence-corrected chi connectivity index (χ4v) is 2.38. The van der Waals surface area contributed by atoms with E-state index in [0.29, 0.717) is 10.9 Å². The van der Waals surface area contributed by atoms with Crippen molar-refractivity contribution in [3.8, 4) is 0 Å². The van der Waals surface area contributed by atoms with Crippen molar-refractivity contribution >= 4 is 17.6 Å². The second-order valence-corrected chi connectivity index (χ2v) is 4.86. The third kappa shape index (κ3) is 3.23. The molecule has 1 aromatic heterocycles. The van der Waals surface area contributed by atoms with Gasteiger partial charge in [-0.15, -0.1) is 0 Å². The van der Waals surface area contributed by atoms with Crippen LogP contribution in [0.5, 0.6) is 0 Å². The van der Waals surface area contributed by atoms with E-state index in [1.807, 2.05) is 0 Å². The Bertz CT molecular complexity index is 349. The minimum absolute atomic E-state index is 0.0359. The topological polar surface area (TPSA) is 61.0 Å². The summed E-state index contributed by atoms with van der Waals surface area (Å²) in [4.78, 5) is 14.0. The molecule has 0 amide bonds. The van der Waals surface area contributed by atoms with Crippen LogP contribution in [0.1, 0.15) is 20.3 Å². The van der Waals surface area contributed by atoms with E-state index < -0.39 is 4.92 Å². The van der Waals surface area contributed by atoms with E-state index in [9.17, 15) is 10.1 Å². The highest BCUT2D eigenvalue weighted by molar-refractivity contribution is 7.99. The first-order valence-corrected chi connectivity index (χ1v) is 5.79. The Labute approximate surface area is 93.0 Å². The summed E-state index contributed by atoms with van der Waals surface area (Å²) in [6.45, 7) is 4.27. The molecule has 1 rings (SSSR count). The van der Waals surface area contributed by atoms with Crippen molar-refractivity contribution in [2.75, 3.05) is 5.75 Å². The standard InChI is InChI=1S/C9H15N3O2S/c1-7(2)4-5-15-9-8(12(13)14)10-6-11(9)3/h6-7H,4-5H2,1-3H3. The molecule has 0 aliphatic heterocycles. The molecule has 0 fully saturated rings. The van der Waals surface area contributed by atoms with Gasteiger partial charge in [-0.25, -0.2) is 0 Å². The van der Waals surface area contributed by atoms with Gasteiger partial charge in [-0.2, -0.15) is 0 Å². The van der Waals surface area contributed by atoms with Crippen LogP contribution in [-0.4, -0.2) is 20.2 Å². The molecule has 0 radical (unpaired) electrons. The van der Waals surface area contributed by atoms with Crippen LogP contribution in [-0.2, 0) is 7.05 Å². The van der Waals surface area contributed by atoms with Crippen molar-refractivity contribution in [3.63, 3.8) is 0 Å². The molecule has 0 aromatic carbocycles. The molecule has 6 heteroatoms. The fraction of sp³-hybridized carbons (Fsp3) is 0.667. The number of rotatable bonds is 5. The van der Waals surface area contributed by atoms with Gasteiger partial charge in [0.05, 0.1) is 0 Å². The van der Waals surface area contributed by atoms with Crippen molar-refractivity contribution in [2.24, 2.45) is 13.0 Å². The summed E-state index contributed by atoms with van der Waals surface area (Å²) in [5.74, 6) is 1.47. The fourth-order valence-electron chi connectivity index (χ4n) is 1.09. The van der Waals surface area contributed by atoms with E-state index in [-0.39, 0.29) is 5.82 Å². The minimum Gasteiger partial charge on any atom is -0.358 e. The molecule has 0 saturated heterocycles. The Morgan fingerprint density at radius 1 is 1.67 bits per heavy atom. The van der Waals surface area contributed by atoms with E-state index in [1.54, 1.807) is 11.6 Å². The summed E-state index contributed by atoms with van der Waals surface area (Å²) in [5.41, 5.74) is 0. The van der Waals surface area contributed by atoms with Crippen molar-refractivity contribution in [1.29, 1.82) is 0 Å². The second kappa shape index (κ2) is 5.16. The number of thioether (sulfide) groups is 1. The molecule has 0 unspecified atom stereocenters. The zero-order valence-electron chi connectivity index (χ0n) is 9.14. The number of hydrogen-bond donors (Lipinski definition) is 0. The number of aryl methyl sites for hydroxylation is 1. The zero-order valence-corrected chi connectivity index (χ0v) is 9.95. The monoisotopic (exact) mass is 229 g/mol. The third-order valence-corrected chi connectivity index (χ3v) is 3.16. The van der Waals surface area contributed by atoms with Gasteiger partial charge in [0.15, 0.2) is 5.03 Å². The molecule has 0 bridgehead atoms. The normalized spacial score (nSPS) is 10.9. The first kappa shape index (κ1) is 12.0. The zero-order chi connectivity index (χ0) is 11.4. The van der Waals surface area contributed by atoms with Crippen LogP contribution >= 0.6 is 11.8 Å². The van der Waals surface area contributed by atoms with E-state index in [2.05, 4.69) is 18.8 Å². The van der Waals surface area contributed by atoms with Crippen LogP contribution in [0.2, 0.25) is 0 Å². The molecule has 5 nitrogen and oxygen atoms in total. The van der Waals surface area contributed by atoms with Crippen molar-refractivity contribution in [1.82, 2.24) is 9.55 Å². The summed E-state index contributed by atoms with van der Waals surface area (Å²) in [6, 6.07) is 0. The number of nitro groups is 1. The van der Waals surface area contributed by atoms with Crippen LogP contribution < -0.4 is 0 Å². The molecule has 15 heavy (non-hydrogen) atoms. The molecular weight excluding hydrogens is 214 g/mol. The van der Waals surface area contributed by atoms with Crippen molar-refractivity contribution < 1.29 is 4.92 Å². The second-order valence-electron chi connectivity index (χ2n) is 3.77. The van der Waals surface area contributed by atoms with Crippen molar-refractivity contribution in [2.45, 2.75) is 25.3 Å². The maximum Gasteiger partial charge on any atom is 0.395 e. The summed E-state index contributed by atoms with van der Waals surface area (Å²) in [7, 11) is 1.78. The van der Waals surface area contributed by atoms with Crippen LogP contribution in [0.4, 0.5) is 5.82 Å². The quantitative estimate of drug-likeness (QED) is 0.442. The van der Waals surface area contributed by atoms with Gasteiger partial charge < -0.3 is 14.7 Å². The lowest BCUT2D eigenvalue weighted by atomic mass is 10.2. The molecule has 0 saturated carbocycles. The highest BCUT2D eigenvalue weighted by atomic mass is 32.2. The molecule has 0 aliphatic carbocycles. The van der Waals surface area contributed by atoms with Gasteiger partial charge >= 0.3 is 5.82 Å². The maximum absolute atomic E-state index is 10.6. The minimum atomic E-state index is -0.433. The van der Waals surface area contributed by atoms with Crippen LogP contribution in [0.15, 0.2) is 11.4 Å². The number of imidazole rings is 1. The van der Waals surface area contributed by atoms with Gasteiger partial charge in [0.1, 0.15) is 0 Å². The summed E-state index contributed by atoms with van der Waals surface area (Å²) < 4.78 is 1.70. The average molecular weight is 229 g/mol. The highest BCUT2D eigenvalue weighted by Gasteiger charge is 2.19. The maximum atomic E-state index is 10.6. The third-order valence-electron chi connectivity index (χ3n) is 1.97. The number of nitrogens with zero attached hydrogens (tertiary/aromatic N) is 3. The van der Waals surface area contributed by atoms with E-state index in [1.165, 1.54) is 18.1 Å². The molecule has 84 valence electrons. The van der Waals surface area contributed by atoms with E-state index in [0.717, 1.165) is 12.2 Å². The molecule has 1 heterocycles. The van der Waals surface area contributed by atoms with Gasteiger partial charge in [-0.1, -0.05) is 25.6 Å². The Morgan fingerprint density at radius 2 is 2.33 bits per heavy atom. The Hall–Kier alpha value is -1.04. The lowest BCUT2D eigenvalue weighted by Gasteiger charge is -2.04. The van der Waals surface area contributed by atoms with Crippen LogP contribution in [0.3, 0.4) is 0 Å². The summed E-state index contributed by atoms with van der Waals surface area (Å²) in [5, 5.41) is 11.3. The predicted molar refractivity (Wildman–Crippen MR) is 60.0 cm³/mol. The summed E-state index contributed by atoms with van der Waals surface area (Å²) in [6.07, 6.45) is 2.53. The van der Waals surface area contributed by atoms with E-state index >= 15 is 0 Å². The lowest BCUT2D eigenvalue weighted by molar-refractivity contribution is -0.392. The molecule has 1 aromatic rings. The molecular formula is C9H15N3O2S. The first-order chi connectivity index (χ1) is 7.02. The van der Waals surface area contributed by atoms with Gasteiger partial charge in [-0.3, -0.25) is 0 Å². The SMILES string of the molecule is CC(C)CCSc1c([N+](=O)[O-])ncn1C. The van der Waals surface area contributed by atoms with E-state index in [4.69, 9.17) is 0 Å². The Balaban J connectivity index is 2.66. The van der Waals surface area contributed by atoms with Crippen LogP contribution in [0.25, 0.3) is 0 Å². The van der Waals surface area contributed by atoms with Gasteiger partial charge in [0, 0.05) is 7.05 Å². The van der Waals surface area contributed by atoms with Gasteiger partial charge in [0.25, 0.3) is 0 Å². The van der Waals surface area contributed by atoms with Gasteiger partial charge in [-0.05, 0) is 28.0 Å². The molecule has 0 N–H and O–H groups in total. The van der Waals surface area contributed by atoms with Gasteiger partial charge in [0.2, 0.25) is 6.33 Å². The summed E-state index contributed by atoms with van der Waals surface area (Å²) >= 11 is 1.50. The average Bonchev–Trinajstić information content (AvgIpc) is 2.47. The molecule has 0 spiro atoms. The Morgan fingerprint density at radius 3 is 2.87 bits per heavy atom. The first-order valence-electron chi connectivity index (χ1n) is 4.81.